The van der Waals surface area contributed by atoms with Gasteiger partial charge in [-0.2, -0.15) is 0 Å². The molecule has 0 unspecified atom stereocenters. The standard InChI is InChI=1S/C13H13FN2O/c1-7-4-8(2)11(10(14)5-7)12-9(3)13(17)16-6-15-12/h4-6H,1-3H3,(H,15,16,17). The first-order valence-corrected chi connectivity index (χ1v) is 5.32. The van der Waals surface area contributed by atoms with Crippen molar-refractivity contribution in [3.63, 3.8) is 0 Å². The Bertz CT molecular complexity index is 609. The van der Waals surface area contributed by atoms with Gasteiger partial charge in [-0.05, 0) is 38.0 Å². The lowest BCUT2D eigenvalue weighted by atomic mass is 10.00. The molecule has 0 aliphatic carbocycles. The highest BCUT2D eigenvalue weighted by atomic mass is 19.1. The molecular weight excluding hydrogens is 219 g/mol. The molecule has 0 atom stereocenters. The lowest BCUT2D eigenvalue weighted by Gasteiger charge is -2.09. The van der Waals surface area contributed by atoms with Crippen LogP contribution >= 0.6 is 0 Å². The first kappa shape index (κ1) is 11.5. The molecule has 0 fully saturated rings. The van der Waals surface area contributed by atoms with Crippen molar-refractivity contribution in [1.82, 2.24) is 9.97 Å². The Labute approximate surface area is 98.3 Å². The quantitative estimate of drug-likeness (QED) is 0.821. The minimum absolute atomic E-state index is 0.241. The fourth-order valence-electron chi connectivity index (χ4n) is 1.94. The fraction of sp³-hybridized carbons (Fsp3) is 0.231. The third-order valence-electron chi connectivity index (χ3n) is 2.75. The molecular formula is C13H13FN2O. The smallest absolute Gasteiger partial charge is 0.254 e. The summed E-state index contributed by atoms with van der Waals surface area (Å²) >= 11 is 0. The van der Waals surface area contributed by atoms with Gasteiger partial charge in [-0.3, -0.25) is 4.79 Å². The second-order valence-corrected chi connectivity index (χ2v) is 4.14. The summed E-state index contributed by atoms with van der Waals surface area (Å²) in [6.45, 7) is 5.28. The van der Waals surface area contributed by atoms with Crippen molar-refractivity contribution in [2.75, 3.05) is 0 Å². The van der Waals surface area contributed by atoms with Gasteiger partial charge in [0.1, 0.15) is 5.82 Å². The number of aryl methyl sites for hydroxylation is 2. The van der Waals surface area contributed by atoms with Crippen molar-refractivity contribution in [1.29, 1.82) is 0 Å². The number of hydrogen-bond donors (Lipinski definition) is 1. The topological polar surface area (TPSA) is 45.8 Å². The molecule has 0 aliphatic heterocycles. The largest absolute Gasteiger partial charge is 0.313 e. The molecule has 0 bridgehead atoms. The Balaban J connectivity index is 2.77. The van der Waals surface area contributed by atoms with Gasteiger partial charge in [-0.15, -0.1) is 0 Å². The molecule has 3 nitrogen and oxygen atoms in total. The lowest BCUT2D eigenvalue weighted by molar-refractivity contribution is 0.628. The predicted octanol–water partition coefficient (Wildman–Crippen LogP) is 2.50. The van der Waals surface area contributed by atoms with Crippen LogP contribution in [0.25, 0.3) is 11.3 Å². The molecule has 0 amide bonds. The SMILES string of the molecule is Cc1cc(C)c(-c2nc[nH]c(=O)c2C)c(F)c1. The van der Waals surface area contributed by atoms with E-state index in [1.54, 1.807) is 6.92 Å². The average Bonchev–Trinajstić information content (AvgIpc) is 2.23. The molecule has 0 radical (unpaired) electrons. The van der Waals surface area contributed by atoms with Crippen molar-refractivity contribution in [2.45, 2.75) is 20.8 Å². The van der Waals surface area contributed by atoms with Crippen molar-refractivity contribution in [3.05, 3.63) is 51.3 Å². The van der Waals surface area contributed by atoms with Crippen LogP contribution in [0.2, 0.25) is 0 Å². The van der Waals surface area contributed by atoms with E-state index in [0.717, 1.165) is 11.1 Å². The molecule has 17 heavy (non-hydrogen) atoms. The Kier molecular flexibility index (Phi) is 2.79. The molecule has 1 N–H and O–H groups in total. The van der Waals surface area contributed by atoms with Crippen molar-refractivity contribution in [2.24, 2.45) is 0 Å². The molecule has 0 spiro atoms. The summed E-state index contributed by atoms with van der Waals surface area (Å²) in [5, 5.41) is 0. The van der Waals surface area contributed by atoms with E-state index in [4.69, 9.17) is 0 Å². The Hall–Kier alpha value is -1.97. The minimum Gasteiger partial charge on any atom is -0.313 e. The number of nitrogens with one attached hydrogen (secondary N) is 1. The highest BCUT2D eigenvalue weighted by molar-refractivity contribution is 5.67. The maximum absolute atomic E-state index is 14.0. The lowest BCUT2D eigenvalue weighted by Crippen LogP contribution is -2.12. The highest BCUT2D eigenvalue weighted by Gasteiger charge is 2.14. The maximum atomic E-state index is 14.0. The third kappa shape index (κ3) is 1.98. The van der Waals surface area contributed by atoms with E-state index in [1.807, 2.05) is 19.9 Å². The number of rotatable bonds is 1. The van der Waals surface area contributed by atoms with E-state index >= 15 is 0 Å². The van der Waals surface area contributed by atoms with E-state index in [0.29, 0.717) is 16.8 Å². The van der Waals surface area contributed by atoms with Crippen molar-refractivity contribution in [3.8, 4) is 11.3 Å². The van der Waals surface area contributed by atoms with Gasteiger partial charge in [-0.1, -0.05) is 6.07 Å². The van der Waals surface area contributed by atoms with Crippen LogP contribution in [0, 0.1) is 26.6 Å². The van der Waals surface area contributed by atoms with Crippen molar-refractivity contribution >= 4 is 0 Å². The Morgan fingerprint density at radius 1 is 1.24 bits per heavy atom. The average molecular weight is 232 g/mol. The summed E-state index contributed by atoms with van der Waals surface area (Å²) < 4.78 is 14.0. The van der Waals surface area contributed by atoms with Crippen LogP contribution in [0.15, 0.2) is 23.3 Å². The molecule has 0 aliphatic rings. The first-order valence-electron chi connectivity index (χ1n) is 5.32. The monoisotopic (exact) mass is 232 g/mol. The summed E-state index contributed by atoms with van der Waals surface area (Å²) in [5.74, 6) is -0.344. The van der Waals surface area contributed by atoms with Gasteiger partial charge in [0.25, 0.3) is 5.56 Å². The summed E-state index contributed by atoms with van der Waals surface area (Å²) in [5.41, 5.74) is 2.63. The van der Waals surface area contributed by atoms with Gasteiger partial charge in [0, 0.05) is 11.1 Å². The fourth-order valence-corrected chi connectivity index (χ4v) is 1.94. The van der Waals surface area contributed by atoms with Gasteiger partial charge in [-0.25, -0.2) is 9.37 Å². The highest BCUT2D eigenvalue weighted by Crippen LogP contribution is 2.26. The van der Waals surface area contributed by atoms with E-state index in [1.165, 1.54) is 12.4 Å². The molecule has 88 valence electrons. The molecule has 2 aromatic rings. The molecule has 1 aromatic carbocycles. The molecule has 2 rings (SSSR count). The van der Waals surface area contributed by atoms with Crippen LogP contribution in [0.4, 0.5) is 4.39 Å². The van der Waals surface area contributed by atoms with Gasteiger partial charge in [0.15, 0.2) is 0 Å². The Morgan fingerprint density at radius 3 is 2.59 bits per heavy atom. The molecule has 1 heterocycles. The zero-order valence-electron chi connectivity index (χ0n) is 9.97. The molecule has 0 saturated heterocycles. The number of halogens is 1. The zero-order chi connectivity index (χ0) is 12.6. The summed E-state index contributed by atoms with van der Waals surface area (Å²) in [4.78, 5) is 18.0. The van der Waals surface area contributed by atoms with Gasteiger partial charge >= 0.3 is 0 Å². The van der Waals surface area contributed by atoms with E-state index in [9.17, 15) is 9.18 Å². The molecule has 0 saturated carbocycles. The summed E-state index contributed by atoms with van der Waals surface area (Å²) in [7, 11) is 0. The number of aromatic nitrogens is 2. The van der Waals surface area contributed by atoms with Gasteiger partial charge < -0.3 is 4.98 Å². The van der Waals surface area contributed by atoms with Crippen LogP contribution < -0.4 is 5.56 Å². The number of benzene rings is 1. The predicted molar refractivity (Wildman–Crippen MR) is 64.5 cm³/mol. The zero-order valence-corrected chi connectivity index (χ0v) is 9.97. The normalized spacial score (nSPS) is 10.6. The second-order valence-electron chi connectivity index (χ2n) is 4.14. The van der Waals surface area contributed by atoms with Gasteiger partial charge in [0.2, 0.25) is 0 Å². The van der Waals surface area contributed by atoms with Crippen molar-refractivity contribution < 1.29 is 4.39 Å². The second kappa shape index (κ2) is 4.13. The summed E-state index contributed by atoms with van der Waals surface area (Å²) in [6.07, 6.45) is 1.30. The molecule has 4 heteroatoms. The maximum Gasteiger partial charge on any atom is 0.254 e. The van der Waals surface area contributed by atoms with E-state index < -0.39 is 0 Å². The number of H-pyrrole nitrogens is 1. The van der Waals surface area contributed by atoms with E-state index in [-0.39, 0.29) is 11.4 Å². The van der Waals surface area contributed by atoms with Gasteiger partial charge in [0.05, 0.1) is 12.0 Å². The van der Waals surface area contributed by atoms with Crippen LogP contribution in [-0.4, -0.2) is 9.97 Å². The minimum atomic E-state index is -0.344. The van der Waals surface area contributed by atoms with Crippen LogP contribution in [0.1, 0.15) is 16.7 Å². The number of nitrogens with zero attached hydrogens (tertiary/aromatic N) is 1. The van der Waals surface area contributed by atoms with Crippen LogP contribution in [0.3, 0.4) is 0 Å². The number of aromatic amines is 1. The number of hydrogen-bond acceptors (Lipinski definition) is 2. The third-order valence-corrected chi connectivity index (χ3v) is 2.75. The van der Waals surface area contributed by atoms with E-state index in [2.05, 4.69) is 9.97 Å². The van der Waals surface area contributed by atoms with Crippen LogP contribution in [-0.2, 0) is 0 Å². The summed E-state index contributed by atoms with van der Waals surface area (Å²) in [6, 6.07) is 3.32. The first-order chi connectivity index (χ1) is 8.00. The Morgan fingerprint density at radius 2 is 1.94 bits per heavy atom. The molecule has 1 aromatic heterocycles. The van der Waals surface area contributed by atoms with Crippen LogP contribution in [0.5, 0.6) is 0 Å².